The monoisotopic (exact) mass is 508 g/mol. The van der Waals surface area contributed by atoms with Gasteiger partial charge < -0.3 is 19.7 Å². The number of hydrogen-bond acceptors (Lipinski definition) is 7. The number of anilines is 2. The number of nitro benzene ring substituents is 1. The van der Waals surface area contributed by atoms with Crippen LogP contribution in [0.25, 0.3) is 11.3 Å². The molecule has 188 valence electrons. The minimum absolute atomic E-state index is 0.0625. The fourth-order valence-electron chi connectivity index (χ4n) is 4.18. The third kappa shape index (κ3) is 5.72. The van der Waals surface area contributed by atoms with Gasteiger partial charge in [0.15, 0.2) is 5.11 Å². The molecule has 0 spiro atoms. The first-order valence-electron chi connectivity index (χ1n) is 11.7. The second-order valence-electron chi connectivity index (χ2n) is 8.99. The Labute approximate surface area is 214 Å². The van der Waals surface area contributed by atoms with Gasteiger partial charge in [-0.25, -0.2) is 0 Å². The molecule has 1 fully saturated rings. The zero-order valence-corrected chi connectivity index (χ0v) is 20.9. The summed E-state index contributed by atoms with van der Waals surface area (Å²) in [6.45, 7) is 5.38. The van der Waals surface area contributed by atoms with Crippen molar-refractivity contribution in [3.8, 4) is 11.3 Å². The number of aliphatic hydroxyl groups excluding tert-OH is 1. The van der Waals surface area contributed by atoms with Crippen LogP contribution in [0, 0.1) is 23.0 Å². The van der Waals surface area contributed by atoms with E-state index in [1.54, 1.807) is 24.3 Å². The smallest absolute Gasteiger partial charge is 0.293 e. The predicted molar refractivity (Wildman–Crippen MR) is 142 cm³/mol. The van der Waals surface area contributed by atoms with E-state index in [9.17, 15) is 20.0 Å². The highest BCUT2D eigenvalue weighted by Gasteiger charge is 2.25. The lowest BCUT2D eigenvalue weighted by Crippen LogP contribution is -2.35. The standard InChI is InChI=1S/C26H28N4O5S/c1-16-9-11-29(12-10-16)22-7-5-19(14-23(22)30(33)34)25(32)28-26(36)27-21-13-18(4-3-17(21)2)24-8-6-20(15-31)35-24/h3-8,13-14,16,31H,9-12,15H2,1-2H3,(H2,27,28,32,36). The van der Waals surface area contributed by atoms with Gasteiger partial charge in [-0.2, -0.15) is 0 Å². The van der Waals surface area contributed by atoms with Gasteiger partial charge in [0.05, 0.1) is 4.92 Å². The maximum Gasteiger partial charge on any atom is 0.293 e. The molecule has 0 aliphatic carbocycles. The fourth-order valence-corrected chi connectivity index (χ4v) is 4.39. The largest absolute Gasteiger partial charge is 0.459 e. The van der Waals surface area contributed by atoms with Crippen LogP contribution >= 0.6 is 12.2 Å². The SMILES string of the molecule is Cc1ccc(-c2ccc(CO)o2)cc1NC(=S)NC(=O)c1ccc(N2CCC(C)CC2)c([N+](=O)[O-])c1. The zero-order chi connectivity index (χ0) is 25.8. The molecule has 3 N–H and O–H groups in total. The minimum Gasteiger partial charge on any atom is -0.459 e. The van der Waals surface area contributed by atoms with Gasteiger partial charge in [-0.1, -0.05) is 19.1 Å². The normalized spacial score (nSPS) is 13.9. The van der Waals surface area contributed by atoms with E-state index in [0.717, 1.165) is 37.1 Å². The van der Waals surface area contributed by atoms with Gasteiger partial charge in [-0.15, -0.1) is 0 Å². The summed E-state index contributed by atoms with van der Waals surface area (Å²) in [6.07, 6.45) is 1.95. The summed E-state index contributed by atoms with van der Waals surface area (Å²) in [5.74, 6) is 1.10. The predicted octanol–water partition coefficient (Wildman–Crippen LogP) is 5.02. The number of nitrogens with zero attached hydrogens (tertiary/aromatic N) is 2. The van der Waals surface area contributed by atoms with E-state index < -0.39 is 10.8 Å². The van der Waals surface area contributed by atoms with Crippen LogP contribution in [-0.2, 0) is 6.61 Å². The molecule has 1 saturated heterocycles. The zero-order valence-electron chi connectivity index (χ0n) is 20.1. The van der Waals surface area contributed by atoms with Gasteiger partial charge in [0, 0.05) is 36.0 Å². The molecule has 0 radical (unpaired) electrons. The quantitative estimate of drug-likeness (QED) is 0.241. The highest BCUT2D eigenvalue weighted by atomic mass is 32.1. The van der Waals surface area contributed by atoms with Crippen molar-refractivity contribution in [2.45, 2.75) is 33.3 Å². The molecule has 36 heavy (non-hydrogen) atoms. The summed E-state index contributed by atoms with van der Waals surface area (Å²) >= 11 is 5.34. The number of furan rings is 1. The summed E-state index contributed by atoms with van der Waals surface area (Å²) < 4.78 is 5.59. The lowest BCUT2D eigenvalue weighted by molar-refractivity contribution is -0.384. The van der Waals surface area contributed by atoms with Crippen LogP contribution in [0.4, 0.5) is 17.1 Å². The Hall–Kier alpha value is -3.76. The van der Waals surface area contributed by atoms with Gasteiger partial charge in [-0.3, -0.25) is 20.2 Å². The number of thiocarbonyl (C=S) groups is 1. The lowest BCUT2D eigenvalue weighted by Gasteiger charge is -2.31. The molecule has 9 nitrogen and oxygen atoms in total. The number of carbonyl (C=O) groups excluding carboxylic acids is 1. The number of carbonyl (C=O) groups is 1. The number of rotatable bonds is 6. The van der Waals surface area contributed by atoms with Crippen molar-refractivity contribution in [2.75, 3.05) is 23.3 Å². The molecule has 1 aliphatic heterocycles. The number of aryl methyl sites for hydroxylation is 1. The molecule has 1 aromatic heterocycles. The van der Waals surface area contributed by atoms with Crippen molar-refractivity contribution in [2.24, 2.45) is 5.92 Å². The van der Waals surface area contributed by atoms with Crippen LogP contribution in [-0.4, -0.2) is 34.1 Å². The summed E-state index contributed by atoms with van der Waals surface area (Å²) in [4.78, 5) is 26.2. The summed E-state index contributed by atoms with van der Waals surface area (Å²) in [5, 5.41) is 26.7. The third-order valence-electron chi connectivity index (χ3n) is 6.37. The Morgan fingerprint density at radius 2 is 1.94 bits per heavy atom. The fraction of sp³-hybridized carbons (Fsp3) is 0.308. The molecule has 0 bridgehead atoms. The highest BCUT2D eigenvalue weighted by Crippen LogP contribution is 2.32. The first-order chi connectivity index (χ1) is 17.2. The van der Waals surface area contributed by atoms with Crippen LogP contribution in [0.3, 0.4) is 0 Å². The topological polar surface area (TPSA) is 121 Å². The molecule has 4 rings (SSSR count). The van der Waals surface area contributed by atoms with E-state index in [2.05, 4.69) is 17.6 Å². The van der Waals surface area contributed by atoms with Crippen molar-refractivity contribution in [3.05, 3.63) is 75.5 Å². The van der Waals surface area contributed by atoms with Crippen LogP contribution in [0.2, 0.25) is 0 Å². The highest BCUT2D eigenvalue weighted by molar-refractivity contribution is 7.80. The number of benzene rings is 2. The van der Waals surface area contributed by atoms with E-state index in [-0.39, 0.29) is 23.0 Å². The second-order valence-corrected chi connectivity index (χ2v) is 9.40. The summed E-state index contributed by atoms with van der Waals surface area (Å²) in [7, 11) is 0. The first kappa shape index (κ1) is 25.3. The molecule has 1 amide bonds. The first-order valence-corrected chi connectivity index (χ1v) is 12.1. The molecule has 0 atom stereocenters. The molecule has 2 aromatic carbocycles. The van der Waals surface area contributed by atoms with Gasteiger partial charge >= 0.3 is 0 Å². The van der Waals surface area contributed by atoms with Crippen molar-refractivity contribution in [1.29, 1.82) is 0 Å². The molecule has 0 saturated carbocycles. The Bertz CT molecular complexity index is 1300. The Morgan fingerprint density at radius 3 is 2.61 bits per heavy atom. The molecule has 1 aliphatic rings. The van der Waals surface area contributed by atoms with E-state index >= 15 is 0 Å². The second kappa shape index (κ2) is 10.9. The molecular formula is C26H28N4O5S. The van der Waals surface area contributed by atoms with Crippen molar-refractivity contribution in [1.82, 2.24) is 5.32 Å². The maximum absolute atomic E-state index is 12.8. The molecule has 3 aromatic rings. The number of hydrogen-bond donors (Lipinski definition) is 3. The van der Waals surface area contributed by atoms with E-state index in [0.29, 0.717) is 28.8 Å². The Morgan fingerprint density at radius 1 is 1.19 bits per heavy atom. The Balaban J connectivity index is 1.47. The van der Waals surface area contributed by atoms with Crippen LogP contribution in [0.5, 0.6) is 0 Å². The third-order valence-corrected chi connectivity index (χ3v) is 6.58. The number of aliphatic hydroxyl groups is 1. The van der Waals surface area contributed by atoms with Gasteiger partial charge in [0.2, 0.25) is 0 Å². The minimum atomic E-state index is -0.540. The summed E-state index contributed by atoms with van der Waals surface area (Å²) in [5.41, 5.74) is 2.91. The van der Waals surface area contributed by atoms with E-state index in [1.165, 1.54) is 6.07 Å². The van der Waals surface area contributed by atoms with Crippen molar-refractivity contribution in [3.63, 3.8) is 0 Å². The number of amides is 1. The summed E-state index contributed by atoms with van der Waals surface area (Å²) in [6, 6.07) is 13.6. The molecular weight excluding hydrogens is 480 g/mol. The Kier molecular flexibility index (Phi) is 7.66. The van der Waals surface area contributed by atoms with Gasteiger partial charge in [0.1, 0.15) is 23.8 Å². The molecule has 0 unspecified atom stereocenters. The lowest BCUT2D eigenvalue weighted by atomic mass is 9.98. The number of piperidine rings is 1. The van der Waals surface area contributed by atoms with Gasteiger partial charge in [0.25, 0.3) is 11.6 Å². The van der Waals surface area contributed by atoms with Crippen molar-refractivity contribution >= 4 is 40.3 Å². The maximum atomic E-state index is 12.8. The van der Waals surface area contributed by atoms with Crippen LogP contribution in [0.15, 0.2) is 52.9 Å². The average Bonchev–Trinajstić information content (AvgIpc) is 3.35. The van der Waals surface area contributed by atoms with E-state index in [4.69, 9.17) is 16.6 Å². The van der Waals surface area contributed by atoms with Gasteiger partial charge in [-0.05, 0) is 73.8 Å². The van der Waals surface area contributed by atoms with Crippen LogP contribution < -0.4 is 15.5 Å². The van der Waals surface area contributed by atoms with Crippen molar-refractivity contribution < 1.29 is 19.2 Å². The molecule has 10 heteroatoms. The van der Waals surface area contributed by atoms with Crippen LogP contribution in [0.1, 0.15) is 41.4 Å². The average molecular weight is 509 g/mol. The van der Waals surface area contributed by atoms with E-state index in [1.807, 2.05) is 30.0 Å². The number of nitro groups is 1. The number of nitrogens with one attached hydrogen (secondary N) is 2. The molecule has 2 heterocycles.